The number of hydrogen-bond acceptors (Lipinski definition) is 6. The average molecular weight is 306 g/mol. The quantitative estimate of drug-likeness (QED) is 0.772. The number of rotatable bonds is 3. The Morgan fingerprint density at radius 3 is 2.53 bits per heavy atom. The van der Waals surface area contributed by atoms with Crippen molar-refractivity contribution in [3.8, 4) is 0 Å². The Bertz CT molecular complexity index is 537. The monoisotopic (exact) mass is 305 g/mol. The summed E-state index contributed by atoms with van der Waals surface area (Å²) in [4.78, 5) is 9.94. The van der Waals surface area contributed by atoms with Crippen molar-refractivity contribution in [2.45, 2.75) is 12.8 Å². The molecule has 2 rings (SSSR count). The normalized spacial score (nSPS) is 17.7. The molecule has 0 spiro atoms. The number of halogens is 1. The molecule has 1 aromatic heterocycles. The van der Waals surface area contributed by atoms with Gasteiger partial charge in [-0.2, -0.15) is 4.98 Å². The predicted molar refractivity (Wildman–Crippen MR) is 74.4 cm³/mol. The first-order valence-electron chi connectivity index (χ1n) is 5.89. The highest BCUT2D eigenvalue weighted by Crippen LogP contribution is 2.24. The molecule has 0 unspecified atom stereocenters. The molecule has 7 nitrogen and oxygen atoms in total. The van der Waals surface area contributed by atoms with E-state index in [4.69, 9.17) is 22.5 Å². The molecule has 1 fully saturated rings. The van der Waals surface area contributed by atoms with Crippen LogP contribution in [-0.2, 0) is 10.0 Å². The van der Waals surface area contributed by atoms with Gasteiger partial charge < -0.3 is 10.6 Å². The SMILES string of the molecule is Nc1nc(Cl)cc(N2CCC(CS(N)(=O)=O)CC2)n1. The van der Waals surface area contributed by atoms with Gasteiger partial charge in [-0.3, -0.25) is 0 Å². The molecule has 4 N–H and O–H groups in total. The number of aromatic nitrogens is 2. The van der Waals surface area contributed by atoms with Gasteiger partial charge in [0.05, 0.1) is 5.75 Å². The maximum absolute atomic E-state index is 11.0. The van der Waals surface area contributed by atoms with Crippen LogP contribution in [0.25, 0.3) is 0 Å². The van der Waals surface area contributed by atoms with E-state index in [1.807, 2.05) is 4.90 Å². The van der Waals surface area contributed by atoms with Crippen molar-refractivity contribution in [2.75, 3.05) is 29.5 Å². The van der Waals surface area contributed by atoms with Gasteiger partial charge in [-0.05, 0) is 18.8 Å². The minimum atomic E-state index is -3.40. The highest BCUT2D eigenvalue weighted by atomic mass is 35.5. The third-order valence-corrected chi connectivity index (χ3v) is 4.23. The number of nitrogen functional groups attached to an aromatic ring is 1. The van der Waals surface area contributed by atoms with E-state index in [9.17, 15) is 8.42 Å². The first-order chi connectivity index (χ1) is 8.83. The fourth-order valence-electron chi connectivity index (χ4n) is 2.24. The van der Waals surface area contributed by atoms with E-state index >= 15 is 0 Å². The van der Waals surface area contributed by atoms with Crippen LogP contribution in [0.5, 0.6) is 0 Å². The highest BCUT2D eigenvalue weighted by molar-refractivity contribution is 7.89. The van der Waals surface area contributed by atoms with E-state index in [-0.39, 0.29) is 17.6 Å². The molecule has 0 atom stereocenters. The molecule has 0 bridgehead atoms. The second-order valence-electron chi connectivity index (χ2n) is 4.67. The van der Waals surface area contributed by atoms with E-state index < -0.39 is 10.0 Å². The molecule has 1 saturated heterocycles. The first-order valence-corrected chi connectivity index (χ1v) is 7.98. The van der Waals surface area contributed by atoms with Crippen molar-refractivity contribution in [3.63, 3.8) is 0 Å². The summed E-state index contributed by atoms with van der Waals surface area (Å²) in [5.41, 5.74) is 5.55. The van der Waals surface area contributed by atoms with Gasteiger partial charge in [0.2, 0.25) is 16.0 Å². The molecule has 0 aliphatic carbocycles. The minimum Gasteiger partial charge on any atom is -0.368 e. The zero-order chi connectivity index (χ0) is 14.0. The number of primary sulfonamides is 1. The van der Waals surface area contributed by atoms with E-state index in [1.54, 1.807) is 6.07 Å². The minimum absolute atomic E-state index is 0.0352. The number of piperidine rings is 1. The largest absolute Gasteiger partial charge is 0.368 e. The van der Waals surface area contributed by atoms with Crippen molar-refractivity contribution < 1.29 is 8.42 Å². The number of nitrogens with zero attached hydrogens (tertiary/aromatic N) is 3. The standard InChI is InChI=1S/C10H16ClN5O2S/c11-8-5-9(15-10(12)14-8)16-3-1-7(2-4-16)6-19(13,17)18/h5,7H,1-4,6H2,(H2,12,14,15)(H2,13,17,18). The van der Waals surface area contributed by atoms with Crippen LogP contribution in [-0.4, -0.2) is 37.2 Å². The van der Waals surface area contributed by atoms with Crippen molar-refractivity contribution in [3.05, 3.63) is 11.2 Å². The summed E-state index contributed by atoms with van der Waals surface area (Å²) in [6.07, 6.45) is 1.50. The van der Waals surface area contributed by atoms with Gasteiger partial charge in [0.25, 0.3) is 0 Å². The molecule has 9 heteroatoms. The van der Waals surface area contributed by atoms with Crippen LogP contribution >= 0.6 is 11.6 Å². The molecule has 19 heavy (non-hydrogen) atoms. The van der Waals surface area contributed by atoms with Gasteiger partial charge in [-0.25, -0.2) is 18.5 Å². The number of sulfonamides is 1. The van der Waals surface area contributed by atoms with Crippen molar-refractivity contribution in [2.24, 2.45) is 11.1 Å². The molecule has 106 valence electrons. The smallest absolute Gasteiger partial charge is 0.223 e. The molecule has 1 aliphatic heterocycles. The van der Waals surface area contributed by atoms with Gasteiger partial charge >= 0.3 is 0 Å². The van der Waals surface area contributed by atoms with E-state index in [0.717, 1.165) is 12.8 Å². The lowest BCUT2D eigenvalue weighted by molar-refractivity contribution is 0.434. The summed E-state index contributed by atoms with van der Waals surface area (Å²) >= 11 is 5.83. The fourth-order valence-corrected chi connectivity index (χ4v) is 3.42. The molecule has 1 aromatic rings. The number of nitrogens with two attached hydrogens (primary N) is 2. The first kappa shape index (κ1) is 14.3. The van der Waals surface area contributed by atoms with Gasteiger partial charge in [-0.15, -0.1) is 0 Å². The zero-order valence-corrected chi connectivity index (χ0v) is 11.9. The lowest BCUT2D eigenvalue weighted by Gasteiger charge is -2.32. The Hall–Kier alpha value is -1.12. The van der Waals surface area contributed by atoms with Crippen LogP contribution in [0.2, 0.25) is 5.15 Å². The van der Waals surface area contributed by atoms with E-state index in [0.29, 0.717) is 24.1 Å². The molecule has 0 radical (unpaired) electrons. The van der Waals surface area contributed by atoms with E-state index in [2.05, 4.69) is 9.97 Å². The van der Waals surface area contributed by atoms with Crippen LogP contribution in [0, 0.1) is 5.92 Å². The molecular formula is C10H16ClN5O2S. The zero-order valence-electron chi connectivity index (χ0n) is 10.3. The Kier molecular flexibility index (Phi) is 4.12. The molecule has 2 heterocycles. The Morgan fingerprint density at radius 1 is 1.37 bits per heavy atom. The summed E-state index contributed by atoms with van der Waals surface area (Å²) in [6.45, 7) is 1.40. The molecule has 0 amide bonds. The number of anilines is 2. The summed E-state index contributed by atoms with van der Waals surface area (Å²) in [5.74, 6) is 0.940. The molecule has 0 saturated carbocycles. The third kappa shape index (κ3) is 4.19. The maximum Gasteiger partial charge on any atom is 0.223 e. The van der Waals surface area contributed by atoms with Crippen molar-refractivity contribution in [1.82, 2.24) is 9.97 Å². The van der Waals surface area contributed by atoms with Crippen LogP contribution in [0.15, 0.2) is 6.07 Å². The van der Waals surface area contributed by atoms with Crippen LogP contribution in [0.1, 0.15) is 12.8 Å². The predicted octanol–water partition coefficient (Wildman–Crippen LogP) is 0.217. The third-order valence-electron chi connectivity index (χ3n) is 3.11. The van der Waals surface area contributed by atoms with Crippen LogP contribution in [0.3, 0.4) is 0 Å². The fraction of sp³-hybridized carbons (Fsp3) is 0.600. The molecular weight excluding hydrogens is 290 g/mol. The van der Waals surface area contributed by atoms with Crippen molar-refractivity contribution >= 4 is 33.4 Å². The summed E-state index contributed by atoms with van der Waals surface area (Å²) < 4.78 is 22.1. The summed E-state index contributed by atoms with van der Waals surface area (Å²) in [6, 6.07) is 1.65. The van der Waals surface area contributed by atoms with Gasteiger partial charge in [-0.1, -0.05) is 11.6 Å². The van der Waals surface area contributed by atoms with Crippen LogP contribution < -0.4 is 15.8 Å². The Balaban J connectivity index is 2.00. The summed E-state index contributed by atoms with van der Waals surface area (Å²) in [5, 5.41) is 5.36. The number of hydrogen-bond donors (Lipinski definition) is 2. The van der Waals surface area contributed by atoms with Gasteiger partial charge in [0.1, 0.15) is 11.0 Å². The van der Waals surface area contributed by atoms with E-state index in [1.165, 1.54) is 0 Å². The Labute approximate surface area is 117 Å². The van der Waals surface area contributed by atoms with Gasteiger partial charge in [0.15, 0.2) is 0 Å². The topological polar surface area (TPSA) is 115 Å². The average Bonchev–Trinajstić information content (AvgIpc) is 2.26. The lowest BCUT2D eigenvalue weighted by Crippen LogP contribution is -2.37. The second-order valence-corrected chi connectivity index (χ2v) is 6.71. The summed E-state index contributed by atoms with van der Waals surface area (Å²) in [7, 11) is -3.40. The lowest BCUT2D eigenvalue weighted by atomic mass is 9.99. The maximum atomic E-state index is 11.0. The second kappa shape index (κ2) is 5.48. The Morgan fingerprint density at radius 2 is 2.00 bits per heavy atom. The highest BCUT2D eigenvalue weighted by Gasteiger charge is 2.23. The van der Waals surface area contributed by atoms with Crippen molar-refractivity contribution in [1.29, 1.82) is 0 Å². The van der Waals surface area contributed by atoms with Crippen LogP contribution in [0.4, 0.5) is 11.8 Å². The van der Waals surface area contributed by atoms with Gasteiger partial charge in [0, 0.05) is 19.2 Å². The molecule has 0 aromatic carbocycles. The molecule has 1 aliphatic rings.